The number of benzene rings is 2. The van der Waals surface area contributed by atoms with E-state index in [4.69, 9.17) is 14.2 Å². The van der Waals surface area contributed by atoms with Crippen LogP contribution in [0.3, 0.4) is 0 Å². The Morgan fingerprint density at radius 1 is 1.09 bits per heavy atom. The number of nitrogens with zero attached hydrogens (tertiary/aromatic N) is 1. The van der Waals surface area contributed by atoms with E-state index in [0.717, 1.165) is 16.9 Å². The van der Waals surface area contributed by atoms with Gasteiger partial charge in [0.05, 0.1) is 31.7 Å². The van der Waals surface area contributed by atoms with Crippen LogP contribution in [0.2, 0.25) is 0 Å². The molecule has 0 aliphatic carbocycles. The van der Waals surface area contributed by atoms with Crippen molar-refractivity contribution in [3.63, 3.8) is 0 Å². The number of carbonyl (C=O) groups is 2. The molecule has 8 nitrogen and oxygen atoms in total. The van der Waals surface area contributed by atoms with Gasteiger partial charge in [0, 0.05) is 18.8 Å². The number of carbonyl (C=O) groups excluding carboxylic acids is 2. The molecular formula is C26H29N3O5S. The highest BCUT2D eigenvalue weighted by molar-refractivity contribution is 7.12. The average Bonchev–Trinajstić information content (AvgIpc) is 3.42. The maximum Gasteiger partial charge on any atom is 0.322 e. The zero-order chi connectivity index (χ0) is 24.8. The van der Waals surface area contributed by atoms with Gasteiger partial charge in [0.2, 0.25) is 0 Å². The summed E-state index contributed by atoms with van der Waals surface area (Å²) in [6.07, 6.45) is 0.655. The number of hydrogen-bond donors (Lipinski definition) is 2. The molecule has 2 aromatic carbocycles. The lowest BCUT2D eigenvalue weighted by atomic mass is 9.91. The monoisotopic (exact) mass is 495 g/mol. The Hall–Kier alpha value is -3.72. The second kappa shape index (κ2) is 11.1. The van der Waals surface area contributed by atoms with Gasteiger partial charge in [-0.1, -0.05) is 6.07 Å². The molecule has 35 heavy (non-hydrogen) atoms. The number of fused-ring (bicyclic) bond motifs is 1. The number of urea groups is 1. The lowest BCUT2D eigenvalue weighted by Gasteiger charge is -2.37. The Morgan fingerprint density at radius 3 is 2.49 bits per heavy atom. The third-order valence-electron chi connectivity index (χ3n) is 5.88. The van der Waals surface area contributed by atoms with E-state index >= 15 is 0 Å². The zero-order valence-electron chi connectivity index (χ0n) is 20.0. The molecule has 1 aromatic heterocycles. The fourth-order valence-corrected chi connectivity index (χ4v) is 4.81. The molecule has 2 heterocycles. The minimum absolute atomic E-state index is 0.167. The van der Waals surface area contributed by atoms with Crippen molar-refractivity contribution in [3.8, 4) is 17.2 Å². The van der Waals surface area contributed by atoms with E-state index in [9.17, 15) is 9.59 Å². The number of methoxy groups -OCH3 is 2. The smallest absolute Gasteiger partial charge is 0.322 e. The number of anilines is 1. The van der Waals surface area contributed by atoms with Gasteiger partial charge in [0.15, 0.2) is 11.5 Å². The van der Waals surface area contributed by atoms with Crippen molar-refractivity contribution in [1.29, 1.82) is 0 Å². The molecule has 0 fully saturated rings. The second-order valence-corrected chi connectivity index (χ2v) is 8.89. The zero-order valence-corrected chi connectivity index (χ0v) is 20.8. The average molecular weight is 496 g/mol. The number of nitrogens with one attached hydrogen (secondary N) is 2. The highest BCUT2D eigenvalue weighted by atomic mass is 32.1. The van der Waals surface area contributed by atoms with Crippen LogP contribution in [0, 0.1) is 0 Å². The summed E-state index contributed by atoms with van der Waals surface area (Å²) >= 11 is 1.38. The number of hydrogen-bond acceptors (Lipinski definition) is 6. The van der Waals surface area contributed by atoms with Crippen LogP contribution in [0.4, 0.5) is 10.5 Å². The maximum atomic E-state index is 13.4. The van der Waals surface area contributed by atoms with E-state index in [0.29, 0.717) is 41.6 Å². The third-order valence-corrected chi connectivity index (χ3v) is 6.75. The summed E-state index contributed by atoms with van der Waals surface area (Å²) in [4.78, 5) is 28.4. The summed E-state index contributed by atoms with van der Waals surface area (Å²) in [6.45, 7) is 3.25. The van der Waals surface area contributed by atoms with E-state index < -0.39 is 0 Å². The first kappa shape index (κ1) is 24.4. The first-order valence-corrected chi connectivity index (χ1v) is 12.3. The predicted molar refractivity (Wildman–Crippen MR) is 136 cm³/mol. The first-order chi connectivity index (χ1) is 17.0. The van der Waals surface area contributed by atoms with Crippen molar-refractivity contribution in [1.82, 2.24) is 10.2 Å². The summed E-state index contributed by atoms with van der Waals surface area (Å²) in [5.74, 6) is 1.79. The van der Waals surface area contributed by atoms with Gasteiger partial charge in [-0.3, -0.25) is 4.79 Å². The molecule has 0 saturated carbocycles. The molecule has 1 aliphatic rings. The molecule has 0 spiro atoms. The van der Waals surface area contributed by atoms with Crippen LogP contribution in [-0.2, 0) is 6.42 Å². The number of ether oxygens (including phenoxy) is 3. The number of amides is 3. The molecule has 9 heteroatoms. The van der Waals surface area contributed by atoms with Gasteiger partial charge in [-0.05, 0) is 72.3 Å². The lowest BCUT2D eigenvalue weighted by molar-refractivity contribution is 0.0940. The summed E-state index contributed by atoms with van der Waals surface area (Å²) < 4.78 is 16.5. The molecule has 1 unspecified atom stereocenters. The third kappa shape index (κ3) is 5.51. The molecule has 3 amide bonds. The van der Waals surface area contributed by atoms with Crippen molar-refractivity contribution in [2.75, 3.05) is 39.2 Å². The van der Waals surface area contributed by atoms with Crippen molar-refractivity contribution in [2.24, 2.45) is 0 Å². The minimum Gasteiger partial charge on any atom is -0.494 e. The Labute approximate surface area is 208 Å². The standard InChI is InChI=1S/C26H29N3O5S/c1-4-34-19-9-7-18(8-10-19)28-26(31)29-12-11-17-14-22(32-2)23(33-3)15-20(17)21(29)16-27-25(30)24-6-5-13-35-24/h5-10,13-15,21H,4,11-12,16H2,1-3H3,(H,27,30)(H,28,31). The quantitative estimate of drug-likeness (QED) is 0.472. The van der Waals surface area contributed by atoms with Crippen molar-refractivity contribution >= 4 is 29.0 Å². The Balaban J connectivity index is 1.59. The Kier molecular flexibility index (Phi) is 7.77. The molecule has 3 aromatic rings. The van der Waals surface area contributed by atoms with Crippen LogP contribution >= 0.6 is 11.3 Å². The van der Waals surface area contributed by atoms with E-state index in [1.807, 2.05) is 54.8 Å². The normalized spacial score (nSPS) is 14.6. The van der Waals surface area contributed by atoms with Crippen LogP contribution in [0.1, 0.15) is 33.8 Å². The molecule has 4 rings (SSSR count). The lowest BCUT2D eigenvalue weighted by Crippen LogP contribution is -2.46. The summed E-state index contributed by atoms with van der Waals surface area (Å²) in [5, 5.41) is 7.83. The van der Waals surface area contributed by atoms with Crippen LogP contribution < -0.4 is 24.8 Å². The van der Waals surface area contributed by atoms with Gasteiger partial charge >= 0.3 is 6.03 Å². The molecule has 1 atom stereocenters. The molecule has 2 N–H and O–H groups in total. The largest absolute Gasteiger partial charge is 0.494 e. The van der Waals surface area contributed by atoms with E-state index in [1.54, 1.807) is 25.2 Å². The summed E-state index contributed by atoms with van der Waals surface area (Å²) in [6, 6.07) is 14.1. The molecule has 0 saturated heterocycles. The van der Waals surface area contributed by atoms with Gasteiger partial charge in [-0.25, -0.2) is 4.79 Å². The molecule has 184 valence electrons. The maximum absolute atomic E-state index is 13.4. The van der Waals surface area contributed by atoms with Crippen LogP contribution in [0.25, 0.3) is 0 Å². The van der Waals surface area contributed by atoms with Crippen LogP contribution in [0.15, 0.2) is 53.9 Å². The van der Waals surface area contributed by atoms with Gasteiger partial charge < -0.3 is 29.7 Å². The first-order valence-electron chi connectivity index (χ1n) is 11.4. The van der Waals surface area contributed by atoms with E-state index in [1.165, 1.54) is 11.3 Å². The number of rotatable bonds is 8. The fourth-order valence-electron chi connectivity index (χ4n) is 4.17. The van der Waals surface area contributed by atoms with E-state index in [2.05, 4.69) is 10.6 Å². The highest BCUT2D eigenvalue weighted by Gasteiger charge is 2.33. The minimum atomic E-state index is -0.384. The van der Waals surface area contributed by atoms with Crippen LogP contribution in [0.5, 0.6) is 17.2 Å². The van der Waals surface area contributed by atoms with Crippen LogP contribution in [-0.4, -0.2) is 50.8 Å². The van der Waals surface area contributed by atoms with Gasteiger partial charge in [-0.15, -0.1) is 11.3 Å². The predicted octanol–water partition coefficient (Wildman–Crippen LogP) is 4.73. The van der Waals surface area contributed by atoms with Gasteiger partial charge in [0.1, 0.15) is 5.75 Å². The van der Waals surface area contributed by atoms with E-state index in [-0.39, 0.29) is 24.5 Å². The molecule has 1 aliphatic heterocycles. The number of thiophene rings is 1. The molecular weight excluding hydrogens is 466 g/mol. The van der Waals surface area contributed by atoms with Crippen molar-refractivity contribution in [3.05, 3.63) is 69.9 Å². The highest BCUT2D eigenvalue weighted by Crippen LogP contribution is 2.38. The second-order valence-electron chi connectivity index (χ2n) is 7.94. The van der Waals surface area contributed by atoms with Gasteiger partial charge in [0.25, 0.3) is 5.91 Å². The summed E-state index contributed by atoms with van der Waals surface area (Å²) in [5.41, 5.74) is 2.64. The molecule has 0 radical (unpaired) electrons. The van der Waals surface area contributed by atoms with Crippen molar-refractivity contribution in [2.45, 2.75) is 19.4 Å². The fraction of sp³-hybridized carbons (Fsp3) is 0.308. The Bertz CT molecular complexity index is 1160. The summed E-state index contributed by atoms with van der Waals surface area (Å²) in [7, 11) is 3.18. The van der Waals surface area contributed by atoms with Crippen molar-refractivity contribution < 1.29 is 23.8 Å². The van der Waals surface area contributed by atoms with Gasteiger partial charge in [-0.2, -0.15) is 0 Å². The topological polar surface area (TPSA) is 89.1 Å². The Morgan fingerprint density at radius 2 is 1.83 bits per heavy atom. The molecule has 0 bridgehead atoms. The SMILES string of the molecule is CCOc1ccc(NC(=O)N2CCc3cc(OC)c(OC)cc3C2CNC(=O)c2cccs2)cc1.